The Kier molecular flexibility index (Phi) is 5.36. The predicted octanol–water partition coefficient (Wildman–Crippen LogP) is 1.77. The van der Waals surface area contributed by atoms with E-state index in [2.05, 4.69) is 25.7 Å². The average molecular weight is 327 g/mol. The molecule has 1 aliphatic rings. The average Bonchev–Trinajstić information content (AvgIpc) is 2.65. The predicted molar refractivity (Wildman–Crippen MR) is 79.9 cm³/mol. The Balaban J connectivity index is 2.13. The number of benzene rings is 1. The molecule has 1 aromatic rings. The van der Waals surface area contributed by atoms with Crippen LogP contribution in [-0.4, -0.2) is 55.6 Å². The number of nitrogens with zero attached hydrogens (tertiary/aromatic N) is 2. The molecule has 0 amide bonds. The molecule has 1 aromatic carbocycles. The second-order valence-corrected chi connectivity index (χ2v) is 5.64. The van der Waals surface area contributed by atoms with Gasteiger partial charge in [0.2, 0.25) is 0 Å². The molecule has 1 saturated heterocycles. The van der Waals surface area contributed by atoms with Crippen molar-refractivity contribution in [3.05, 3.63) is 28.2 Å². The Morgan fingerprint density at radius 2 is 2.11 bits per heavy atom. The SMILES string of the molecule is O=Cc1ccc(Br)cc1N1CCCN(CCO)CC1. The van der Waals surface area contributed by atoms with E-state index in [-0.39, 0.29) is 6.61 Å². The molecule has 1 N–H and O–H groups in total. The van der Waals surface area contributed by atoms with Gasteiger partial charge in [-0.25, -0.2) is 0 Å². The standard InChI is InChI=1S/C14H19BrN2O2/c15-13-3-2-12(11-19)14(10-13)17-5-1-4-16(6-7-17)8-9-18/h2-3,10-11,18H,1,4-9H2. The van der Waals surface area contributed by atoms with Gasteiger partial charge in [-0.15, -0.1) is 0 Å². The van der Waals surface area contributed by atoms with Crippen molar-refractivity contribution >= 4 is 27.9 Å². The fourth-order valence-corrected chi connectivity index (χ4v) is 2.82. The number of aliphatic hydroxyl groups excluding tert-OH is 1. The summed E-state index contributed by atoms with van der Waals surface area (Å²) >= 11 is 3.46. The van der Waals surface area contributed by atoms with E-state index in [1.54, 1.807) is 0 Å². The van der Waals surface area contributed by atoms with Crippen LogP contribution in [0.3, 0.4) is 0 Å². The van der Waals surface area contributed by atoms with E-state index in [1.807, 2.05) is 18.2 Å². The number of β-amino-alcohol motifs (C(OH)–C–C–N with tert-alkyl or cyclic N) is 1. The van der Waals surface area contributed by atoms with Crippen LogP contribution in [0, 0.1) is 0 Å². The summed E-state index contributed by atoms with van der Waals surface area (Å²) < 4.78 is 0.990. The van der Waals surface area contributed by atoms with Gasteiger partial charge in [-0.2, -0.15) is 0 Å². The first kappa shape index (κ1) is 14.5. The van der Waals surface area contributed by atoms with Crippen molar-refractivity contribution in [3.63, 3.8) is 0 Å². The maximum Gasteiger partial charge on any atom is 0.152 e. The maximum absolute atomic E-state index is 11.1. The first-order valence-electron chi connectivity index (χ1n) is 6.57. The van der Waals surface area contributed by atoms with Crippen LogP contribution in [0.4, 0.5) is 5.69 Å². The van der Waals surface area contributed by atoms with E-state index in [4.69, 9.17) is 5.11 Å². The second-order valence-electron chi connectivity index (χ2n) is 4.73. The zero-order valence-corrected chi connectivity index (χ0v) is 12.5. The lowest BCUT2D eigenvalue weighted by molar-refractivity contribution is 0.112. The number of aliphatic hydroxyl groups is 1. The molecule has 0 unspecified atom stereocenters. The second kappa shape index (κ2) is 7.03. The molecule has 0 radical (unpaired) electrons. The van der Waals surface area contributed by atoms with E-state index in [0.717, 1.165) is 61.2 Å². The number of anilines is 1. The van der Waals surface area contributed by atoms with Crippen LogP contribution in [0.2, 0.25) is 0 Å². The summed E-state index contributed by atoms with van der Waals surface area (Å²) in [5, 5.41) is 9.00. The lowest BCUT2D eigenvalue weighted by Crippen LogP contribution is -2.32. The fraction of sp³-hybridized carbons (Fsp3) is 0.500. The third-order valence-corrected chi connectivity index (χ3v) is 3.96. The van der Waals surface area contributed by atoms with Crippen molar-refractivity contribution in [2.24, 2.45) is 0 Å². The molecule has 0 saturated carbocycles. The zero-order chi connectivity index (χ0) is 13.7. The molecule has 2 rings (SSSR count). The molecule has 1 fully saturated rings. The number of rotatable bonds is 4. The van der Waals surface area contributed by atoms with Crippen LogP contribution >= 0.6 is 15.9 Å². The summed E-state index contributed by atoms with van der Waals surface area (Å²) in [7, 11) is 0. The van der Waals surface area contributed by atoms with Crippen molar-refractivity contribution in [2.75, 3.05) is 44.2 Å². The maximum atomic E-state index is 11.1. The van der Waals surface area contributed by atoms with E-state index in [1.165, 1.54) is 0 Å². The van der Waals surface area contributed by atoms with Crippen molar-refractivity contribution in [3.8, 4) is 0 Å². The van der Waals surface area contributed by atoms with Crippen molar-refractivity contribution in [1.29, 1.82) is 0 Å². The molecule has 4 nitrogen and oxygen atoms in total. The van der Waals surface area contributed by atoms with Crippen molar-refractivity contribution in [1.82, 2.24) is 4.90 Å². The summed E-state index contributed by atoms with van der Waals surface area (Å²) in [4.78, 5) is 15.7. The van der Waals surface area contributed by atoms with Gasteiger partial charge < -0.3 is 10.0 Å². The molecular formula is C14H19BrN2O2. The van der Waals surface area contributed by atoms with Gasteiger partial charge in [-0.05, 0) is 31.2 Å². The highest BCUT2D eigenvalue weighted by atomic mass is 79.9. The quantitative estimate of drug-likeness (QED) is 0.856. The topological polar surface area (TPSA) is 43.8 Å². The Bertz CT molecular complexity index is 439. The molecule has 1 heterocycles. The molecule has 0 bridgehead atoms. The molecule has 1 aliphatic heterocycles. The van der Waals surface area contributed by atoms with Gasteiger partial charge in [-0.3, -0.25) is 9.69 Å². The molecular weight excluding hydrogens is 308 g/mol. The van der Waals surface area contributed by atoms with E-state index < -0.39 is 0 Å². The van der Waals surface area contributed by atoms with E-state index >= 15 is 0 Å². The van der Waals surface area contributed by atoms with Gasteiger partial charge >= 0.3 is 0 Å². The highest BCUT2D eigenvalue weighted by molar-refractivity contribution is 9.10. The first-order chi connectivity index (χ1) is 9.24. The summed E-state index contributed by atoms with van der Waals surface area (Å²) in [6, 6.07) is 5.75. The third kappa shape index (κ3) is 3.78. The van der Waals surface area contributed by atoms with Gasteiger partial charge in [0.25, 0.3) is 0 Å². The number of carbonyl (C=O) groups excluding carboxylic acids is 1. The van der Waals surface area contributed by atoms with Gasteiger partial charge in [0.1, 0.15) is 0 Å². The Morgan fingerprint density at radius 1 is 1.26 bits per heavy atom. The number of halogens is 1. The Hall–Kier alpha value is -0.910. The van der Waals surface area contributed by atoms with Gasteiger partial charge in [0.05, 0.1) is 6.61 Å². The van der Waals surface area contributed by atoms with Gasteiger partial charge in [0, 0.05) is 41.9 Å². The molecule has 5 heteroatoms. The highest BCUT2D eigenvalue weighted by Gasteiger charge is 2.17. The molecule has 0 aromatic heterocycles. The Labute approximate surface area is 122 Å². The normalized spacial score (nSPS) is 17.3. The summed E-state index contributed by atoms with van der Waals surface area (Å²) in [6.45, 7) is 4.69. The lowest BCUT2D eigenvalue weighted by Gasteiger charge is -2.25. The zero-order valence-electron chi connectivity index (χ0n) is 10.9. The lowest BCUT2D eigenvalue weighted by atomic mass is 10.1. The van der Waals surface area contributed by atoms with E-state index in [9.17, 15) is 4.79 Å². The minimum Gasteiger partial charge on any atom is -0.395 e. The number of hydrogen-bond donors (Lipinski definition) is 1. The largest absolute Gasteiger partial charge is 0.395 e. The van der Waals surface area contributed by atoms with Crippen LogP contribution in [0.25, 0.3) is 0 Å². The fourth-order valence-electron chi connectivity index (χ4n) is 2.47. The summed E-state index contributed by atoms with van der Waals surface area (Å²) in [5.41, 5.74) is 1.73. The van der Waals surface area contributed by atoms with Crippen molar-refractivity contribution < 1.29 is 9.90 Å². The Morgan fingerprint density at radius 3 is 2.84 bits per heavy atom. The third-order valence-electron chi connectivity index (χ3n) is 3.46. The minimum absolute atomic E-state index is 0.205. The smallest absolute Gasteiger partial charge is 0.152 e. The highest BCUT2D eigenvalue weighted by Crippen LogP contribution is 2.25. The molecule has 0 aliphatic carbocycles. The summed E-state index contributed by atoms with van der Waals surface area (Å²) in [5.74, 6) is 0. The van der Waals surface area contributed by atoms with Crippen LogP contribution in [0.15, 0.2) is 22.7 Å². The van der Waals surface area contributed by atoms with Crippen molar-refractivity contribution in [2.45, 2.75) is 6.42 Å². The number of carbonyl (C=O) groups is 1. The van der Waals surface area contributed by atoms with Gasteiger partial charge in [0.15, 0.2) is 6.29 Å². The molecule has 0 atom stereocenters. The van der Waals surface area contributed by atoms with Crippen LogP contribution in [-0.2, 0) is 0 Å². The van der Waals surface area contributed by atoms with E-state index in [0.29, 0.717) is 0 Å². The minimum atomic E-state index is 0.205. The molecule has 19 heavy (non-hydrogen) atoms. The number of hydrogen-bond acceptors (Lipinski definition) is 4. The van der Waals surface area contributed by atoms with Crippen LogP contribution < -0.4 is 4.90 Å². The summed E-state index contributed by atoms with van der Waals surface area (Å²) in [6.07, 6.45) is 1.96. The first-order valence-corrected chi connectivity index (χ1v) is 7.37. The number of aldehydes is 1. The molecule has 0 spiro atoms. The van der Waals surface area contributed by atoms with Crippen LogP contribution in [0.1, 0.15) is 16.8 Å². The monoisotopic (exact) mass is 326 g/mol. The van der Waals surface area contributed by atoms with Gasteiger partial charge in [-0.1, -0.05) is 15.9 Å². The van der Waals surface area contributed by atoms with Crippen LogP contribution in [0.5, 0.6) is 0 Å². The molecule has 104 valence electrons.